The summed E-state index contributed by atoms with van der Waals surface area (Å²) in [6.07, 6.45) is 5.49. The van der Waals surface area contributed by atoms with Crippen molar-refractivity contribution < 1.29 is 19.0 Å². The Labute approximate surface area is 255 Å². The summed E-state index contributed by atoms with van der Waals surface area (Å²) in [7, 11) is 3.60. The lowest BCUT2D eigenvalue weighted by molar-refractivity contribution is 0.164. The molecule has 0 radical (unpaired) electrons. The summed E-state index contributed by atoms with van der Waals surface area (Å²) in [6, 6.07) is 25.0. The zero-order chi connectivity index (χ0) is 30.3. The third kappa shape index (κ3) is 6.73. The van der Waals surface area contributed by atoms with Gasteiger partial charge in [0.05, 0.1) is 6.33 Å². The van der Waals surface area contributed by atoms with Crippen LogP contribution >= 0.6 is 0 Å². The van der Waals surface area contributed by atoms with Crippen molar-refractivity contribution in [2.45, 2.75) is 13.1 Å². The molecule has 224 valence electrons. The van der Waals surface area contributed by atoms with Crippen LogP contribution in [0.25, 0.3) is 17.2 Å². The van der Waals surface area contributed by atoms with Gasteiger partial charge in [-0.2, -0.15) is 9.97 Å². The second-order valence-corrected chi connectivity index (χ2v) is 10.3. The largest absolute Gasteiger partial charge is 0.454 e. The number of para-hydroxylation sites is 1. The van der Waals surface area contributed by atoms with Crippen LogP contribution in [0.4, 0.5) is 16.6 Å². The maximum atomic E-state index is 12.6. The summed E-state index contributed by atoms with van der Waals surface area (Å²) >= 11 is 0. The highest BCUT2D eigenvalue weighted by atomic mass is 16.7. The highest BCUT2D eigenvalue weighted by molar-refractivity contribution is 5.84. The van der Waals surface area contributed by atoms with E-state index in [0.29, 0.717) is 54.9 Å². The van der Waals surface area contributed by atoms with Crippen LogP contribution in [-0.2, 0) is 13.1 Å². The van der Waals surface area contributed by atoms with Gasteiger partial charge >= 0.3 is 6.09 Å². The Balaban J connectivity index is 1.20. The molecule has 1 aliphatic rings. The van der Waals surface area contributed by atoms with Gasteiger partial charge in [-0.3, -0.25) is 0 Å². The fraction of sp³-hybridized carbons (Fsp3) is 0.212. The number of carbonyl (C=O) groups excluding carboxylic acids is 1. The molecule has 0 spiro atoms. The van der Waals surface area contributed by atoms with Crippen molar-refractivity contribution in [2.75, 3.05) is 44.2 Å². The number of ether oxygens (including phenoxy) is 3. The standard InChI is InChI=1S/C33H33N7O4/c1-38(18-19-39(2)33(41)44-26-13-7-4-8-14-26)32-36-30(34-21-25-15-16-27-28(20-25)43-23-42-27)29-31(37-32)40(22-35-29)17-9-12-24-10-5-3-6-11-24/h3-16,20,22H,17-19,21,23H2,1-2H3,(H,34,36,37). The molecule has 0 atom stereocenters. The van der Waals surface area contributed by atoms with E-state index < -0.39 is 6.09 Å². The summed E-state index contributed by atoms with van der Waals surface area (Å²) in [6.45, 7) is 2.20. The number of likely N-dealkylation sites (N-methyl/N-ethyl adjacent to an activating group) is 2. The van der Waals surface area contributed by atoms with E-state index in [1.165, 1.54) is 4.90 Å². The Bertz CT molecular complexity index is 1760. The lowest BCUT2D eigenvalue weighted by atomic mass is 10.2. The molecule has 0 aliphatic carbocycles. The number of rotatable bonds is 11. The molecule has 11 nitrogen and oxygen atoms in total. The van der Waals surface area contributed by atoms with Gasteiger partial charge in [-0.05, 0) is 35.4 Å². The predicted molar refractivity (Wildman–Crippen MR) is 169 cm³/mol. The smallest absolute Gasteiger partial charge is 0.415 e. The fourth-order valence-corrected chi connectivity index (χ4v) is 4.62. The molecule has 1 amide bonds. The van der Waals surface area contributed by atoms with Crippen molar-refractivity contribution in [2.24, 2.45) is 0 Å². The average Bonchev–Trinajstić information content (AvgIpc) is 3.70. The number of nitrogens with zero attached hydrogens (tertiary/aromatic N) is 6. The molecule has 1 aliphatic heterocycles. The average molecular weight is 592 g/mol. The van der Waals surface area contributed by atoms with E-state index in [9.17, 15) is 4.79 Å². The van der Waals surface area contributed by atoms with Crippen LogP contribution in [0.5, 0.6) is 17.2 Å². The molecule has 11 heteroatoms. The number of hydrogen-bond acceptors (Lipinski definition) is 9. The van der Waals surface area contributed by atoms with Gasteiger partial charge in [0.15, 0.2) is 28.5 Å². The molecule has 2 aromatic heterocycles. The van der Waals surface area contributed by atoms with Crippen molar-refractivity contribution in [1.82, 2.24) is 24.4 Å². The number of amides is 1. The number of fused-ring (bicyclic) bond motifs is 2. The zero-order valence-electron chi connectivity index (χ0n) is 24.6. The van der Waals surface area contributed by atoms with E-state index >= 15 is 0 Å². The van der Waals surface area contributed by atoms with E-state index in [1.807, 2.05) is 71.1 Å². The van der Waals surface area contributed by atoms with E-state index in [4.69, 9.17) is 24.2 Å². The number of benzene rings is 3. The van der Waals surface area contributed by atoms with E-state index in [0.717, 1.165) is 22.6 Å². The first-order valence-electron chi connectivity index (χ1n) is 14.3. The third-order valence-electron chi connectivity index (χ3n) is 7.13. The van der Waals surface area contributed by atoms with Crippen LogP contribution in [0.1, 0.15) is 11.1 Å². The monoisotopic (exact) mass is 591 g/mol. The molecular formula is C33H33N7O4. The lowest BCUT2D eigenvalue weighted by Gasteiger charge is -2.22. The number of carbonyl (C=O) groups is 1. The van der Waals surface area contributed by atoms with E-state index in [-0.39, 0.29) is 6.79 Å². The Morgan fingerprint density at radius 3 is 2.57 bits per heavy atom. The summed E-state index contributed by atoms with van der Waals surface area (Å²) < 4.78 is 18.4. The quantitative estimate of drug-likeness (QED) is 0.215. The first-order chi connectivity index (χ1) is 21.5. The molecule has 44 heavy (non-hydrogen) atoms. The van der Waals surface area contributed by atoms with Gasteiger partial charge in [0.1, 0.15) is 5.75 Å². The molecular weight excluding hydrogens is 558 g/mol. The van der Waals surface area contributed by atoms with Crippen LogP contribution in [0.15, 0.2) is 91.3 Å². The van der Waals surface area contributed by atoms with Gasteiger partial charge in [-0.1, -0.05) is 66.7 Å². The Hall–Kier alpha value is -5.58. The lowest BCUT2D eigenvalue weighted by Crippen LogP contribution is -2.37. The van der Waals surface area contributed by atoms with Gasteiger partial charge in [0.25, 0.3) is 0 Å². The molecule has 0 saturated heterocycles. The highest BCUT2D eigenvalue weighted by Gasteiger charge is 2.18. The highest BCUT2D eigenvalue weighted by Crippen LogP contribution is 2.33. The van der Waals surface area contributed by atoms with Crippen LogP contribution in [0.3, 0.4) is 0 Å². The van der Waals surface area contributed by atoms with Gasteiger partial charge in [-0.15, -0.1) is 0 Å². The predicted octanol–water partition coefficient (Wildman–Crippen LogP) is 5.45. The van der Waals surface area contributed by atoms with Gasteiger partial charge in [-0.25, -0.2) is 9.78 Å². The second kappa shape index (κ2) is 13.2. The van der Waals surface area contributed by atoms with Gasteiger partial charge < -0.3 is 33.9 Å². The maximum Gasteiger partial charge on any atom is 0.415 e. The SMILES string of the molecule is CN(CCN(C)c1nc(NCc2ccc3c(c2)OCO3)c2ncn(CC=Cc3ccccc3)c2n1)C(=O)Oc1ccccc1. The van der Waals surface area contributed by atoms with Crippen LogP contribution in [-0.4, -0.2) is 64.5 Å². The fourth-order valence-electron chi connectivity index (χ4n) is 4.62. The molecule has 3 heterocycles. The molecule has 0 bridgehead atoms. The molecule has 0 saturated carbocycles. The van der Waals surface area contributed by atoms with Gasteiger partial charge in [0.2, 0.25) is 12.7 Å². The van der Waals surface area contributed by atoms with Crippen molar-refractivity contribution in [3.63, 3.8) is 0 Å². The van der Waals surface area contributed by atoms with E-state index in [1.54, 1.807) is 25.5 Å². The molecule has 0 fully saturated rings. The first kappa shape index (κ1) is 28.5. The third-order valence-corrected chi connectivity index (χ3v) is 7.13. The normalized spacial score (nSPS) is 12.0. The maximum absolute atomic E-state index is 12.6. The second-order valence-electron chi connectivity index (χ2n) is 10.3. The Morgan fingerprint density at radius 2 is 1.75 bits per heavy atom. The summed E-state index contributed by atoms with van der Waals surface area (Å²) in [5, 5.41) is 3.44. The molecule has 5 aromatic rings. The Kier molecular flexibility index (Phi) is 8.53. The number of nitrogens with one attached hydrogen (secondary N) is 1. The van der Waals surface area contributed by atoms with Crippen molar-refractivity contribution >= 4 is 35.1 Å². The van der Waals surface area contributed by atoms with Crippen LogP contribution < -0.4 is 24.4 Å². The van der Waals surface area contributed by atoms with Crippen LogP contribution in [0.2, 0.25) is 0 Å². The minimum absolute atomic E-state index is 0.226. The molecule has 1 N–H and O–H groups in total. The van der Waals surface area contributed by atoms with Crippen LogP contribution in [0, 0.1) is 0 Å². The number of anilines is 2. The minimum Gasteiger partial charge on any atom is -0.454 e. The number of hydrogen-bond donors (Lipinski definition) is 1. The summed E-state index contributed by atoms with van der Waals surface area (Å²) in [5.74, 6) is 3.07. The molecule has 3 aromatic carbocycles. The number of imidazole rings is 1. The van der Waals surface area contributed by atoms with Gasteiger partial charge in [0, 0.05) is 40.3 Å². The number of aromatic nitrogens is 4. The topological polar surface area (TPSA) is 107 Å². The molecule has 0 unspecified atom stereocenters. The van der Waals surface area contributed by atoms with E-state index in [2.05, 4.69) is 34.6 Å². The van der Waals surface area contributed by atoms with Crippen molar-refractivity contribution in [3.05, 3.63) is 102 Å². The first-order valence-corrected chi connectivity index (χ1v) is 14.3. The van der Waals surface area contributed by atoms with Crippen molar-refractivity contribution in [1.29, 1.82) is 0 Å². The molecule has 6 rings (SSSR count). The zero-order valence-corrected chi connectivity index (χ0v) is 24.6. The minimum atomic E-state index is -0.435. The number of allylic oxidation sites excluding steroid dienone is 1. The summed E-state index contributed by atoms with van der Waals surface area (Å²) in [5.41, 5.74) is 3.50. The Morgan fingerprint density at radius 1 is 0.977 bits per heavy atom. The summed E-state index contributed by atoms with van der Waals surface area (Å²) in [4.78, 5) is 30.4. The van der Waals surface area contributed by atoms with Crippen molar-refractivity contribution in [3.8, 4) is 17.2 Å².